The Balaban J connectivity index is 1.41. The summed E-state index contributed by atoms with van der Waals surface area (Å²) in [5.74, 6) is 1.95. The van der Waals surface area contributed by atoms with Crippen LogP contribution in [0, 0.1) is 50.7 Å². The molecule has 37 heavy (non-hydrogen) atoms. The average molecular weight is 539 g/mol. The summed E-state index contributed by atoms with van der Waals surface area (Å²) in [5, 5.41) is 21.2. The minimum Gasteiger partial charge on any atom is -0.396 e. The Labute approximate surface area is 224 Å². The van der Waals surface area contributed by atoms with Crippen LogP contribution >= 0.6 is 0 Å². The first-order valence-electron chi connectivity index (χ1n) is 14.7. The Bertz CT molecular complexity index is 1050. The summed E-state index contributed by atoms with van der Waals surface area (Å²) in [7, 11) is -4.57. The Kier molecular flexibility index (Phi) is 6.65. The zero-order chi connectivity index (χ0) is 27.2. The number of fused-ring (bicyclic) bond motifs is 2. The van der Waals surface area contributed by atoms with E-state index >= 15 is 0 Å². The van der Waals surface area contributed by atoms with Gasteiger partial charge < -0.3 is 10.2 Å². The molecule has 5 fully saturated rings. The van der Waals surface area contributed by atoms with E-state index in [1.165, 1.54) is 37.7 Å². The number of rotatable bonds is 7. The average Bonchev–Trinajstić information content (AvgIpc) is 3.36. The smallest absolute Gasteiger partial charge is 0.396 e. The van der Waals surface area contributed by atoms with Gasteiger partial charge in [0.05, 0.1) is 18.8 Å². The summed E-state index contributed by atoms with van der Waals surface area (Å²) >= 11 is 0. The number of hydrogen-bond acceptors (Lipinski definition) is 5. The third kappa shape index (κ3) is 3.88. The largest absolute Gasteiger partial charge is 0.397 e. The molecule has 5 aliphatic carbocycles. The third-order valence-corrected chi connectivity index (χ3v) is 13.8. The van der Waals surface area contributed by atoms with E-state index in [1.807, 2.05) is 26.8 Å². The molecule has 0 aromatic heterocycles. The molecular weight excluding hydrogens is 488 g/mol. The molecule has 11 atom stereocenters. The highest BCUT2D eigenvalue weighted by Gasteiger charge is 2.82. The van der Waals surface area contributed by atoms with E-state index in [4.69, 9.17) is 4.18 Å². The molecule has 6 nitrogen and oxygen atoms in total. The summed E-state index contributed by atoms with van der Waals surface area (Å²) in [5.41, 5.74) is 1.46. The maximum atomic E-state index is 11.6. The molecule has 3 N–H and O–H groups in total. The van der Waals surface area contributed by atoms with Crippen LogP contribution < -0.4 is 0 Å². The van der Waals surface area contributed by atoms with Crippen LogP contribution in [-0.2, 0) is 14.6 Å². The van der Waals surface area contributed by atoms with Crippen LogP contribution in [-0.4, -0.2) is 42.0 Å². The van der Waals surface area contributed by atoms with Crippen molar-refractivity contribution in [1.82, 2.24) is 0 Å². The van der Waals surface area contributed by atoms with Crippen molar-refractivity contribution < 1.29 is 27.4 Å². The highest BCUT2D eigenvalue weighted by molar-refractivity contribution is 7.80. The number of aliphatic hydroxyl groups is 2. The van der Waals surface area contributed by atoms with Crippen LogP contribution in [0.2, 0.25) is 0 Å². The van der Waals surface area contributed by atoms with E-state index in [1.54, 1.807) is 0 Å². The van der Waals surface area contributed by atoms with Gasteiger partial charge in [-0.05, 0) is 123 Å². The van der Waals surface area contributed by atoms with Gasteiger partial charge in [0, 0.05) is 5.41 Å². The van der Waals surface area contributed by atoms with Gasteiger partial charge in [0.2, 0.25) is 0 Å². The molecule has 212 valence electrons. The van der Waals surface area contributed by atoms with Crippen molar-refractivity contribution in [2.45, 2.75) is 118 Å². The van der Waals surface area contributed by atoms with Crippen LogP contribution in [0.3, 0.4) is 0 Å². The first kappa shape index (κ1) is 28.1. The van der Waals surface area contributed by atoms with Gasteiger partial charge >= 0.3 is 10.4 Å². The summed E-state index contributed by atoms with van der Waals surface area (Å²) in [6.45, 7) is 13.4. The lowest BCUT2D eigenvalue weighted by atomic mass is 9.41. The molecule has 0 heterocycles. The number of allylic oxidation sites excluding steroid dienone is 1. The van der Waals surface area contributed by atoms with E-state index in [9.17, 15) is 23.2 Å². The van der Waals surface area contributed by atoms with Gasteiger partial charge in [0.25, 0.3) is 0 Å². The normalized spacial score (nSPS) is 50.2. The predicted octanol–water partition coefficient (Wildman–Crippen LogP) is 5.94. The molecule has 0 aromatic carbocycles. The molecule has 0 aliphatic heterocycles. The van der Waals surface area contributed by atoms with Gasteiger partial charge in [-0.25, -0.2) is 4.18 Å². The third-order valence-electron chi connectivity index (χ3n) is 13.3. The van der Waals surface area contributed by atoms with Gasteiger partial charge in [0.15, 0.2) is 0 Å². The van der Waals surface area contributed by atoms with E-state index in [0.717, 1.165) is 25.7 Å². The fourth-order valence-electron chi connectivity index (χ4n) is 11.6. The molecule has 5 aliphatic rings. The zero-order valence-corrected chi connectivity index (χ0v) is 24.6. The Morgan fingerprint density at radius 2 is 1.62 bits per heavy atom. The molecule has 0 bridgehead atoms. The standard InChI is InChI=1S/C30H50O6S/c1-19(2)15-21(32)16-20(3)22-9-11-28(6)24-8-7-23-26(4,18-31)25(36-37(33,34)35)10-12-29(23)17-30(24,29)14-13-27(22,28)5/h15,20-25,31-32H,7-14,16-18H2,1-6H3,(H,33,34,35)/t20-,21?,22-,23+,24+,25?,26+,27-,28+,29-,30+/m1/s1. The molecule has 0 saturated heterocycles. The maximum absolute atomic E-state index is 11.6. The highest BCUT2D eigenvalue weighted by atomic mass is 32.3. The van der Waals surface area contributed by atoms with Crippen molar-refractivity contribution in [1.29, 1.82) is 0 Å². The van der Waals surface area contributed by atoms with E-state index in [2.05, 4.69) is 20.8 Å². The van der Waals surface area contributed by atoms with Crippen LogP contribution in [0.25, 0.3) is 0 Å². The lowest BCUT2D eigenvalue weighted by molar-refractivity contribution is -0.170. The second-order valence-electron chi connectivity index (χ2n) is 14.9. The van der Waals surface area contributed by atoms with Gasteiger partial charge in [-0.1, -0.05) is 39.3 Å². The van der Waals surface area contributed by atoms with Gasteiger partial charge in [-0.2, -0.15) is 8.42 Å². The van der Waals surface area contributed by atoms with Gasteiger partial charge in [0.1, 0.15) is 0 Å². The van der Waals surface area contributed by atoms with E-state index in [-0.39, 0.29) is 40.3 Å². The fraction of sp³-hybridized carbons (Fsp3) is 0.933. The highest BCUT2D eigenvalue weighted by Crippen LogP contribution is 2.89. The lowest BCUT2D eigenvalue weighted by Crippen LogP contribution is -2.59. The molecule has 0 radical (unpaired) electrons. The molecule has 0 amide bonds. The summed E-state index contributed by atoms with van der Waals surface area (Å²) in [6, 6.07) is 0. The molecule has 5 saturated carbocycles. The molecule has 2 unspecified atom stereocenters. The van der Waals surface area contributed by atoms with Crippen LogP contribution in [0.1, 0.15) is 106 Å². The van der Waals surface area contributed by atoms with Crippen LogP contribution in [0.5, 0.6) is 0 Å². The van der Waals surface area contributed by atoms with Crippen molar-refractivity contribution in [3.8, 4) is 0 Å². The first-order valence-corrected chi connectivity index (χ1v) is 16.0. The molecular formula is C30H50O6S. The Morgan fingerprint density at radius 3 is 2.24 bits per heavy atom. The van der Waals surface area contributed by atoms with Crippen molar-refractivity contribution in [2.24, 2.45) is 50.7 Å². The molecule has 7 heteroatoms. The van der Waals surface area contributed by atoms with Crippen LogP contribution in [0.15, 0.2) is 11.6 Å². The number of aliphatic hydroxyl groups excluding tert-OH is 2. The van der Waals surface area contributed by atoms with Crippen molar-refractivity contribution in [3.63, 3.8) is 0 Å². The van der Waals surface area contributed by atoms with Crippen LogP contribution in [0.4, 0.5) is 0 Å². The van der Waals surface area contributed by atoms with E-state index < -0.39 is 21.9 Å². The fourth-order valence-corrected chi connectivity index (χ4v) is 12.2. The monoisotopic (exact) mass is 538 g/mol. The number of hydrogen-bond donors (Lipinski definition) is 3. The minimum atomic E-state index is -4.57. The van der Waals surface area contributed by atoms with E-state index in [0.29, 0.717) is 24.2 Å². The lowest BCUT2D eigenvalue weighted by Gasteiger charge is -2.63. The Hall–Kier alpha value is -0.470. The predicted molar refractivity (Wildman–Crippen MR) is 144 cm³/mol. The SMILES string of the molecule is CC(C)=CC(O)C[C@@H](C)[C@H]1CC[C@@]2(C)[C@@H]3CC[C@@H]4[C@@]5(CCC(OS(=O)(=O)O)[C@@]4(C)CO)C[C@@]35CC[C@]12C. The summed E-state index contributed by atoms with van der Waals surface area (Å²) in [6.07, 6.45) is 11.5. The molecule has 5 rings (SSSR count). The summed E-state index contributed by atoms with van der Waals surface area (Å²) < 4.78 is 37.9. The van der Waals surface area contributed by atoms with Gasteiger partial charge in [-0.15, -0.1) is 0 Å². The van der Waals surface area contributed by atoms with Gasteiger partial charge in [-0.3, -0.25) is 4.55 Å². The summed E-state index contributed by atoms with van der Waals surface area (Å²) in [4.78, 5) is 0. The second-order valence-corrected chi connectivity index (χ2v) is 15.9. The zero-order valence-electron chi connectivity index (χ0n) is 23.8. The van der Waals surface area contributed by atoms with Crippen molar-refractivity contribution >= 4 is 10.4 Å². The second kappa shape index (κ2) is 8.76. The molecule has 2 spiro atoms. The Morgan fingerprint density at radius 1 is 0.973 bits per heavy atom. The quantitative estimate of drug-likeness (QED) is 0.274. The topological polar surface area (TPSA) is 104 Å². The minimum absolute atomic E-state index is 0.122. The van der Waals surface area contributed by atoms with Crippen molar-refractivity contribution in [2.75, 3.05) is 6.61 Å². The van der Waals surface area contributed by atoms with Crippen molar-refractivity contribution in [3.05, 3.63) is 11.6 Å². The first-order chi connectivity index (χ1) is 17.1. The maximum Gasteiger partial charge on any atom is 0.397 e. The molecule has 0 aromatic rings.